The second-order valence-electron chi connectivity index (χ2n) is 5.85. The van der Waals surface area contributed by atoms with Gasteiger partial charge in [0.2, 0.25) is 0 Å². The van der Waals surface area contributed by atoms with Crippen molar-refractivity contribution in [2.45, 2.75) is 32.3 Å². The van der Waals surface area contributed by atoms with Crippen LogP contribution in [-0.4, -0.2) is 41.8 Å². The number of nitrogens with one attached hydrogen (secondary N) is 1. The summed E-state index contributed by atoms with van der Waals surface area (Å²) in [6.07, 6.45) is 1.53. The lowest BCUT2D eigenvalue weighted by atomic mass is 10.0. The zero-order valence-corrected chi connectivity index (χ0v) is 12.7. The zero-order valence-electron chi connectivity index (χ0n) is 12.7. The summed E-state index contributed by atoms with van der Waals surface area (Å²) in [6.45, 7) is 3.41. The summed E-state index contributed by atoms with van der Waals surface area (Å²) in [7, 11) is 0. The second kappa shape index (κ2) is 7.54. The number of benzene rings is 1. The molecule has 0 spiro atoms. The van der Waals surface area contributed by atoms with Gasteiger partial charge < -0.3 is 15.3 Å². The maximum absolute atomic E-state index is 13.0. The third-order valence-electron chi connectivity index (χ3n) is 4.03. The first-order chi connectivity index (χ1) is 10.5. The molecule has 1 heterocycles. The molecular formula is C16H22F2N2O2. The molecular weight excluding hydrogens is 290 g/mol. The number of likely N-dealkylation sites (tertiary alicyclic amines) is 1. The molecule has 1 aromatic rings. The van der Waals surface area contributed by atoms with E-state index >= 15 is 0 Å². The largest absolute Gasteiger partial charge is 0.393 e. The molecule has 2 amide bonds. The van der Waals surface area contributed by atoms with Crippen LogP contribution in [0.4, 0.5) is 13.6 Å². The van der Waals surface area contributed by atoms with Crippen molar-refractivity contribution < 1.29 is 18.7 Å². The summed E-state index contributed by atoms with van der Waals surface area (Å²) in [5, 5.41) is 12.3. The van der Waals surface area contributed by atoms with E-state index in [1.807, 2.05) is 0 Å². The van der Waals surface area contributed by atoms with Gasteiger partial charge in [0.1, 0.15) is 11.6 Å². The van der Waals surface area contributed by atoms with Crippen LogP contribution in [0.1, 0.15) is 25.3 Å². The number of hydrogen-bond donors (Lipinski definition) is 2. The van der Waals surface area contributed by atoms with Gasteiger partial charge >= 0.3 is 6.03 Å². The van der Waals surface area contributed by atoms with Gasteiger partial charge in [-0.3, -0.25) is 0 Å². The topological polar surface area (TPSA) is 52.6 Å². The maximum Gasteiger partial charge on any atom is 0.317 e. The van der Waals surface area contributed by atoms with Gasteiger partial charge in [-0.1, -0.05) is 0 Å². The average Bonchev–Trinajstić information content (AvgIpc) is 2.92. The Bertz CT molecular complexity index is 503. The van der Waals surface area contributed by atoms with Crippen molar-refractivity contribution in [3.05, 3.63) is 35.4 Å². The molecule has 4 nitrogen and oxygen atoms in total. The Labute approximate surface area is 129 Å². The number of nitrogens with zero attached hydrogens (tertiary/aromatic N) is 1. The molecule has 1 aliphatic rings. The highest BCUT2D eigenvalue weighted by atomic mass is 19.1. The minimum atomic E-state index is -0.583. The van der Waals surface area contributed by atoms with Crippen LogP contribution in [-0.2, 0) is 6.42 Å². The fourth-order valence-electron chi connectivity index (χ4n) is 2.72. The number of amides is 2. The van der Waals surface area contributed by atoms with E-state index in [-0.39, 0.29) is 11.9 Å². The van der Waals surface area contributed by atoms with Crippen molar-refractivity contribution in [3.63, 3.8) is 0 Å². The minimum absolute atomic E-state index is 0.140. The number of carbonyl (C=O) groups excluding carboxylic acids is 1. The van der Waals surface area contributed by atoms with E-state index in [0.717, 1.165) is 12.5 Å². The molecule has 1 fully saturated rings. The summed E-state index contributed by atoms with van der Waals surface area (Å²) in [4.78, 5) is 13.6. The summed E-state index contributed by atoms with van der Waals surface area (Å²) in [5.74, 6) is -1.03. The van der Waals surface area contributed by atoms with Crippen molar-refractivity contribution in [1.82, 2.24) is 10.2 Å². The lowest BCUT2D eigenvalue weighted by Crippen LogP contribution is -2.39. The third-order valence-corrected chi connectivity index (χ3v) is 4.03. The van der Waals surface area contributed by atoms with E-state index in [2.05, 4.69) is 5.32 Å². The maximum atomic E-state index is 13.0. The van der Waals surface area contributed by atoms with Crippen molar-refractivity contribution in [2.24, 2.45) is 5.92 Å². The molecule has 122 valence electrons. The molecule has 0 aliphatic carbocycles. The number of rotatable bonds is 5. The number of aliphatic hydroxyl groups is 1. The average molecular weight is 312 g/mol. The number of aryl methyl sites for hydroxylation is 1. The molecule has 1 aromatic carbocycles. The fraction of sp³-hybridized carbons (Fsp3) is 0.562. The Morgan fingerprint density at radius 1 is 1.41 bits per heavy atom. The fourth-order valence-corrected chi connectivity index (χ4v) is 2.72. The van der Waals surface area contributed by atoms with Gasteiger partial charge in [0.25, 0.3) is 0 Å². The molecule has 0 bridgehead atoms. The van der Waals surface area contributed by atoms with Crippen molar-refractivity contribution in [1.29, 1.82) is 0 Å². The molecule has 0 saturated carbocycles. The summed E-state index contributed by atoms with van der Waals surface area (Å²) in [5.41, 5.74) is 0.585. The van der Waals surface area contributed by atoms with Gasteiger partial charge in [-0.15, -0.1) is 0 Å². The van der Waals surface area contributed by atoms with Crippen LogP contribution in [0.25, 0.3) is 0 Å². The Morgan fingerprint density at radius 3 is 2.68 bits per heavy atom. The summed E-state index contributed by atoms with van der Waals surface area (Å²) < 4.78 is 26.1. The van der Waals surface area contributed by atoms with Crippen LogP contribution >= 0.6 is 0 Å². The monoisotopic (exact) mass is 312 g/mol. The van der Waals surface area contributed by atoms with Crippen LogP contribution in [0.15, 0.2) is 18.2 Å². The van der Waals surface area contributed by atoms with Gasteiger partial charge in [0.15, 0.2) is 0 Å². The van der Waals surface area contributed by atoms with E-state index in [1.54, 1.807) is 11.8 Å². The summed E-state index contributed by atoms with van der Waals surface area (Å²) >= 11 is 0. The number of aliphatic hydroxyl groups excluding tert-OH is 1. The molecule has 2 N–H and O–H groups in total. The normalized spacial score (nSPS) is 19.3. The van der Waals surface area contributed by atoms with Crippen LogP contribution in [0.3, 0.4) is 0 Å². The Kier molecular flexibility index (Phi) is 5.71. The van der Waals surface area contributed by atoms with Gasteiger partial charge in [-0.2, -0.15) is 0 Å². The molecule has 2 unspecified atom stereocenters. The van der Waals surface area contributed by atoms with E-state index in [0.29, 0.717) is 38.0 Å². The molecule has 2 atom stereocenters. The van der Waals surface area contributed by atoms with E-state index in [4.69, 9.17) is 0 Å². The standard InChI is InChI=1S/C16H22F2N2O2/c1-11(21)13-4-6-20(10-13)16(22)19-5-2-3-12-7-14(17)9-15(18)8-12/h7-9,11,13,21H,2-6,10H2,1H3,(H,19,22). The Morgan fingerprint density at radius 2 is 2.09 bits per heavy atom. The quantitative estimate of drug-likeness (QED) is 0.820. The molecule has 1 aliphatic heterocycles. The van der Waals surface area contributed by atoms with Crippen LogP contribution in [0, 0.1) is 17.6 Å². The Balaban J connectivity index is 1.69. The number of hydrogen-bond acceptors (Lipinski definition) is 2. The van der Waals surface area contributed by atoms with Gasteiger partial charge in [0.05, 0.1) is 6.10 Å². The second-order valence-corrected chi connectivity index (χ2v) is 5.85. The first kappa shape index (κ1) is 16.7. The van der Waals surface area contributed by atoms with Gasteiger partial charge in [-0.25, -0.2) is 13.6 Å². The molecule has 6 heteroatoms. The number of halogens is 2. The first-order valence-electron chi connectivity index (χ1n) is 7.61. The van der Waals surface area contributed by atoms with Gasteiger partial charge in [-0.05, 0) is 43.9 Å². The van der Waals surface area contributed by atoms with Crippen LogP contribution in [0.2, 0.25) is 0 Å². The van der Waals surface area contributed by atoms with Crippen molar-refractivity contribution in [3.8, 4) is 0 Å². The third kappa shape index (κ3) is 4.66. The van der Waals surface area contributed by atoms with E-state index in [1.165, 1.54) is 12.1 Å². The Hall–Kier alpha value is -1.69. The zero-order chi connectivity index (χ0) is 16.1. The molecule has 2 rings (SSSR count). The van der Waals surface area contributed by atoms with Gasteiger partial charge in [0, 0.05) is 31.6 Å². The summed E-state index contributed by atoms with van der Waals surface area (Å²) in [6, 6.07) is 3.31. The predicted octanol–water partition coefficient (Wildman–Crippen LogP) is 2.31. The minimum Gasteiger partial charge on any atom is -0.393 e. The SMILES string of the molecule is CC(O)C1CCN(C(=O)NCCCc2cc(F)cc(F)c2)C1. The lowest BCUT2D eigenvalue weighted by Gasteiger charge is -2.18. The highest BCUT2D eigenvalue weighted by molar-refractivity contribution is 5.74. The number of urea groups is 1. The van der Waals surface area contributed by atoms with Crippen LogP contribution < -0.4 is 5.32 Å². The van der Waals surface area contributed by atoms with Crippen molar-refractivity contribution in [2.75, 3.05) is 19.6 Å². The highest BCUT2D eigenvalue weighted by Gasteiger charge is 2.28. The lowest BCUT2D eigenvalue weighted by molar-refractivity contribution is 0.129. The van der Waals surface area contributed by atoms with Crippen molar-refractivity contribution >= 4 is 6.03 Å². The number of carbonyl (C=O) groups is 1. The molecule has 0 radical (unpaired) electrons. The highest BCUT2D eigenvalue weighted by Crippen LogP contribution is 2.19. The van der Waals surface area contributed by atoms with Crippen LogP contribution in [0.5, 0.6) is 0 Å². The first-order valence-corrected chi connectivity index (χ1v) is 7.61. The van der Waals surface area contributed by atoms with E-state index < -0.39 is 17.7 Å². The molecule has 0 aromatic heterocycles. The smallest absolute Gasteiger partial charge is 0.317 e. The predicted molar refractivity (Wildman–Crippen MR) is 79.4 cm³/mol. The van der Waals surface area contributed by atoms with E-state index in [9.17, 15) is 18.7 Å². The molecule has 22 heavy (non-hydrogen) atoms. The molecule has 1 saturated heterocycles.